The fraction of sp³-hybridized carbons (Fsp3) is 0.538. The van der Waals surface area contributed by atoms with E-state index in [1.165, 1.54) is 22.3 Å². The zero-order valence-corrected chi connectivity index (χ0v) is 9.64. The van der Waals surface area contributed by atoms with E-state index in [1.807, 2.05) is 0 Å². The van der Waals surface area contributed by atoms with Crippen LogP contribution in [0.1, 0.15) is 42.2 Å². The van der Waals surface area contributed by atoms with Crippen molar-refractivity contribution >= 4 is 0 Å². The van der Waals surface area contributed by atoms with Crippen LogP contribution in [-0.2, 0) is 4.74 Å². The van der Waals surface area contributed by atoms with E-state index in [9.17, 15) is 0 Å². The van der Waals surface area contributed by atoms with Crippen LogP contribution in [0.3, 0.4) is 0 Å². The predicted octanol–water partition coefficient (Wildman–Crippen LogP) is 3.46. The topological polar surface area (TPSA) is 12.5 Å². The summed E-state index contributed by atoms with van der Waals surface area (Å²) in [6.45, 7) is 10.8. The average molecular weight is 190 g/mol. The van der Waals surface area contributed by atoms with Gasteiger partial charge in [-0.05, 0) is 51.3 Å². The second-order valence-corrected chi connectivity index (χ2v) is 4.91. The maximum Gasteiger partial charge on any atom is 0.112 e. The molecular weight excluding hydrogens is 172 g/mol. The van der Waals surface area contributed by atoms with Crippen molar-refractivity contribution in [2.45, 2.75) is 46.3 Å². The molecule has 1 aromatic rings. The van der Waals surface area contributed by atoms with Gasteiger partial charge in [0.1, 0.15) is 6.10 Å². The van der Waals surface area contributed by atoms with Gasteiger partial charge >= 0.3 is 0 Å². The lowest BCUT2D eigenvalue weighted by Gasteiger charge is -2.09. The summed E-state index contributed by atoms with van der Waals surface area (Å²) in [5, 5.41) is 0. The minimum Gasteiger partial charge on any atom is -0.362 e. The van der Waals surface area contributed by atoms with Crippen molar-refractivity contribution in [1.82, 2.24) is 0 Å². The molecule has 0 bridgehead atoms. The van der Waals surface area contributed by atoms with Crippen molar-refractivity contribution in [2.24, 2.45) is 0 Å². The molecule has 1 heterocycles. The Bertz CT molecular complexity index is 354. The molecule has 1 fully saturated rings. The van der Waals surface area contributed by atoms with Crippen LogP contribution in [-0.4, -0.2) is 5.60 Å². The second kappa shape index (κ2) is 2.83. The maximum absolute atomic E-state index is 5.69. The van der Waals surface area contributed by atoms with Gasteiger partial charge in [0.2, 0.25) is 0 Å². The third-order valence-electron chi connectivity index (χ3n) is 3.00. The van der Waals surface area contributed by atoms with Gasteiger partial charge in [-0.15, -0.1) is 0 Å². The molecule has 1 nitrogen and oxygen atoms in total. The lowest BCUT2D eigenvalue weighted by Crippen LogP contribution is -2.01. The summed E-state index contributed by atoms with van der Waals surface area (Å²) in [6, 6.07) is 4.47. The normalized spacial score (nSPS) is 23.6. The van der Waals surface area contributed by atoms with Gasteiger partial charge in [-0.1, -0.05) is 17.7 Å². The third-order valence-corrected chi connectivity index (χ3v) is 3.00. The van der Waals surface area contributed by atoms with Crippen molar-refractivity contribution < 1.29 is 4.74 Å². The number of ether oxygens (including phenoxy) is 1. The van der Waals surface area contributed by atoms with Gasteiger partial charge in [-0.3, -0.25) is 0 Å². The fourth-order valence-electron chi connectivity index (χ4n) is 2.28. The summed E-state index contributed by atoms with van der Waals surface area (Å²) < 4.78 is 5.69. The lowest BCUT2D eigenvalue weighted by atomic mass is 9.93. The molecule has 0 aromatic heterocycles. The molecule has 0 amide bonds. The molecule has 1 aromatic carbocycles. The predicted molar refractivity (Wildman–Crippen MR) is 58.6 cm³/mol. The maximum atomic E-state index is 5.69. The minimum atomic E-state index is 0.0464. The van der Waals surface area contributed by atoms with E-state index in [0.717, 1.165) is 0 Å². The van der Waals surface area contributed by atoms with Crippen LogP contribution in [0.15, 0.2) is 12.1 Å². The minimum absolute atomic E-state index is 0.0464. The molecule has 2 rings (SSSR count). The monoisotopic (exact) mass is 190 g/mol. The molecule has 76 valence electrons. The Morgan fingerprint density at radius 3 is 1.86 bits per heavy atom. The number of hydrogen-bond donors (Lipinski definition) is 0. The van der Waals surface area contributed by atoms with E-state index in [4.69, 9.17) is 4.74 Å². The standard InChI is InChI=1S/C13H18O/c1-8-6-9(2)11(10(3)7-8)12-13(4,5)14-12/h6-7,12H,1-5H3. The highest BCUT2D eigenvalue weighted by atomic mass is 16.6. The summed E-state index contributed by atoms with van der Waals surface area (Å²) >= 11 is 0. The summed E-state index contributed by atoms with van der Waals surface area (Å²) in [5.74, 6) is 0. The van der Waals surface area contributed by atoms with Crippen molar-refractivity contribution in [1.29, 1.82) is 0 Å². The van der Waals surface area contributed by atoms with E-state index in [2.05, 4.69) is 46.8 Å². The first-order valence-corrected chi connectivity index (χ1v) is 5.17. The highest BCUT2D eigenvalue weighted by molar-refractivity contribution is 5.42. The number of aryl methyl sites for hydroxylation is 3. The molecule has 0 spiro atoms. The SMILES string of the molecule is Cc1cc(C)c(C2OC2(C)C)c(C)c1. The molecular formula is C13H18O. The highest BCUT2D eigenvalue weighted by Gasteiger charge is 2.49. The molecule has 1 unspecified atom stereocenters. The summed E-state index contributed by atoms with van der Waals surface area (Å²) in [4.78, 5) is 0. The molecule has 1 aliphatic rings. The zero-order valence-electron chi connectivity index (χ0n) is 9.64. The van der Waals surface area contributed by atoms with Gasteiger partial charge in [0, 0.05) is 0 Å². The summed E-state index contributed by atoms with van der Waals surface area (Å²) in [6.07, 6.45) is 0.308. The smallest absolute Gasteiger partial charge is 0.112 e. The van der Waals surface area contributed by atoms with Crippen molar-refractivity contribution in [2.75, 3.05) is 0 Å². The van der Waals surface area contributed by atoms with Crippen molar-refractivity contribution in [3.8, 4) is 0 Å². The van der Waals surface area contributed by atoms with Crippen molar-refractivity contribution in [3.63, 3.8) is 0 Å². The average Bonchev–Trinajstić information content (AvgIpc) is 2.56. The quantitative estimate of drug-likeness (QED) is 0.618. The van der Waals surface area contributed by atoms with Gasteiger partial charge in [0.15, 0.2) is 0 Å². The van der Waals surface area contributed by atoms with Gasteiger partial charge in [-0.2, -0.15) is 0 Å². The van der Waals surface area contributed by atoms with E-state index in [1.54, 1.807) is 0 Å². The summed E-state index contributed by atoms with van der Waals surface area (Å²) in [5.41, 5.74) is 5.49. The lowest BCUT2D eigenvalue weighted by molar-refractivity contribution is 0.325. The van der Waals surface area contributed by atoms with Crippen LogP contribution in [0.5, 0.6) is 0 Å². The van der Waals surface area contributed by atoms with Crippen molar-refractivity contribution in [3.05, 3.63) is 34.4 Å². The summed E-state index contributed by atoms with van der Waals surface area (Å²) in [7, 11) is 0. The van der Waals surface area contributed by atoms with Crippen LogP contribution in [0.4, 0.5) is 0 Å². The first-order chi connectivity index (χ1) is 6.42. The highest BCUT2D eigenvalue weighted by Crippen LogP contribution is 2.50. The molecule has 14 heavy (non-hydrogen) atoms. The number of epoxide rings is 1. The fourth-order valence-corrected chi connectivity index (χ4v) is 2.28. The molecule has 1 atom stereocenters. The Labute approximate surface area is 86.1 Å². The number of benzene rings is 1. The van der Waals surface area contributed by atoms with Gasteiger partial charge in [-0.25, -0.2) is 0 Å². The molecule has 0 saturated carbocycles. The Kier molecular flexibility index (Phi) is 1.97. The molecule has 0 N–H and O–H groups in total. The number of rotatable bonds is 1. The van der Waals surface area contributed by atoms with E-state index in [-0.39, 0.29) is 5.60 Å². The molecule has 0 aliphatic carbocycles. The van der Waals surface area contributed by atoms with Gasteiger partial charge < -0.3 is 4.74 Å². The van der Waals surface area contributed by atoms with E-state index >= 15 is 0 Å². The second-order valence-electron chi connectivity index (χ2n) is 4.91. The molecule has 0 radical (unpaired) electrons. The largest absolute Gasteiger partial charge is 0.362 e. The Hall–Kier alpha value is -0.820. The Balaban J connectivity index is 2.44. The molecule has 1 aliphatic heterocycles. The van der Waals surface area contributed by atoms with Crippen LogP contribution >= 0.6 is 0 Å². The van der Waals surface area contributed by atoms with Crippen LogP contribution in [0.25, 0.3) is 0 Å². The Morgan fingerprint density at radius 2 is 1.50 bits per heavy atom. The Morgan fingerprint density at radius 1 is 1.07 bits per heavy atom. The third kappa shape index (κ3) is 1.46. The van der Waals surface area contributed by atoms with Crippen LogP contribution in [0.2, 0.25) is 0 Å². The first kappa shape index (κ1) is 9.72. The van der Waals surface area contributed by atoms with Gasteiger partial charge in [0.25, 0.3) is 0 Å². The van der Waals surface area contributed by atoms with Crippen LogP contribution < -0.4 is 0 Å². The molecule has 1 heteroatoms. The first-order valence-electron chi connectivity index (χ1n) is 5.17. The van der Waals surface area contributed by atoms with Gasteiger partial charge in [0.05, 0.1) is 5.60 Å². The zero-order chi connectivity index (χ0) is 10.5. The van der Waals surface area contributed by atoms with E-state index in [0.29, 0.717) is 6.10 Å². The van der Waals surface area contributed by atoms with Crippen LogP contribution in [0, 0.1) is 20.8 Å². The molecule has 1 saturated heterocycles. The van der Waals surface area contributed by atoms with E-state index < -0.39 is 0 Å². The number of hydrogen-bond acceptors (Lipinski definition) is 1.